The lowest BCUT2D eigenvalue weighted by Gasteiger charge is -2.40. The maximum absolute atomic E-state index is 11.4. The lowest BCUT2D eigenvalue weighted by Crippen LogP contribution is -2.54. The zero-order valence-electron chi connectivity index (χ0n) is 9.73. The van der Waals surface area contributed by atoms with E-state index >= 15 is 0 Å². The predicted octanol–water partition coefficient (Wildman–Crippen LogP) is -0.732. The topological polar surface area (TPSA) is 58.8 Å². The zero-order chi connectivity index (χ0) is 11.4. The van der Waals surface area contributed by atoms with Gasteiger partial charge in [-0.15, -0.1) is 0 Å². The minimum absolute atomic E-state index is 0.0756. The van der Waals surface area contributed by atoms with Crippen molar-refractivity contribution in [1.29, 1.82) is 0 Å². The first-order valence-corrected chi connectivity index (χ1v) is 6.11. The van der Waals surface area contributed by atoms with Crippen LogP contribution in [0.4, 0.5) is 0 Å². The van der Waals surface area contributed by atoms with Gasteiger partial charge in [0.15, 0.2) is 0 Å². The van der Waals surface area contributed by atoms with Gasteiger partial charge in [0.25, 0.3) is 0 Å². The molecule has 2 aliphatic rings. The highest BCUT2D eigenvalue weighted by Crippen LogP contribution is 2.16. The van der Waals surface area contributed by atoms with Crippen molar-refractivity contribution in [3.8, 4) is 0 Å². The van der Waals surface area contributed by atoms with E-state index in [0.717, 1.165) is 52.2 Å². The van der Waals surface area contributed by atoms with Gasteiger partial charge in [-0.05, 0) is 12.8 Å². The molecule has 2 N–H and O–H groups in total. The first kappa shape index (κ1) is 11.8. The first-order chi connectivity index (χ1) is 7.81. The van der Waals surface area contributed by atoms with Gasteiger partial charge in [0.2, 0.25) is 5.91 Å². The van der Waals surface area contributed by atoms with Gasteiger partial charge in [-0.25, -0.2) is 0 Å². The number of carbonyl (C=O) groups is 1. The minimum atomic E-state index is 0.0756. The van der Waals surface area contributed by atoms with Crippen molar-refractivity contribution in [3.63, 3.8) is 0 Å². The van der Waals surface area contributed by atoms with Gasteiger partial charge in [-0.2, -0.15) is 0 Å². The number of nitrogens with zero attached hydrogens (tertiary/aromatic N) is 2. The highest BCUT2D eigenvalue weighted by atomic mass is 16.5. The van der Waals surface area contributed by atoms with Crippen LogP contribution in [0.25, 0.3) is 0 Å². The van der Waals surface area contributed by atoms with Crippen LogP contribution in [-0.4, -0.2) is 67.7 Å². The Morgan fingerprint density at radius 3 is 2.38 bits per heavy atom. The van der Waals surface area contributed by atoms with E-state index < -0.39 is 0 Å². The van der Waals surface area contributed by atoms with Gasteiger partial charge in [-0.3, -0.25) is 9.69 Å². The number of hydrogen-bond acceptors (Lipinski definition) is 4. The summed E-state index contributed by atoms with van der Waals surface area (Å²) in [6.45, 7) is 5.52. The van der Waals surface area contributed by atoms with E-state index in [1.807, 2.05) is 4.90 Å². The highest BCUT2D eigenvalue weighted by Gasteiger charge is 2.26. The molecule has 0 aromatic heterocycles. The highest BCUT2D eigenvalue weighted by molar-refractivity contribution is 5.78. The first-order valence-electron chi connectivity index (χ1n) is 6.11. The van der Waals surface area contributed by atoms with E-state index in [1.54, 1.807) is 0 Å². The van der Waals surface area contributed by atoms with E-state index in [9.17, 15) is 4.79 Å². The molecule has 2 heterocycles. The molecule has 0 aliphatic carbocycles. The van der Waals surface area contributed by atoms with Crippen molar-refractivity contribution >= 4 is 5.91 Å². The summed E-state index contributed by atoms with van der Waals surface area (Å²) in [7, 11) is 0. The van der Waals surface area contributed by atoms with Crippen molar-refractivity contribution in [2.24, 2.45) is 5.73 Å². The summed E-state index contributed by atoms with van der Waals surface area (Å²) in [4.78, 5) is 15.8. The average Bonchev–Trinajstić information content (AvgIpc) is 2.39. The third-order valence-corrected chi connectivity index (χ3v) is 3.55. The van der Waals surface area contributed by atoms with Crippen LogP contribution in [0.3, 0.4) is 0 Å². The van der Waals surface area contributed by atoms with Gasteiger partial charge in [-0.1, -0.05) is 0 Å². The minimum Gasteiger partial charge on any atom is -0.381 e. The quantitative estimate of drug-likeness (QED) is 0.675. The monoisotopic (exact) mass is 227 g/mol. The molecule has 2 saturated heterocycles. The number of carbonyl (C=O) groups excluding carboxylic acids is 1. The van der Waals surface area contributed by atoms with Crippen LogP contribution >= 0.6 is 0 Å². The standard InChI is InChI=1S/C11H21N3O2/c12-9-11(15)14-5-3-13(4-6-14)10-1-7-16-8-2-10/h10H,1-9,12H2. The Bertz CT molecular complexity index is 233. The van der Waals surface area contributed by atoms with Crippen LogP contribution in [0.1, 0.15) is 12.8 Å². The van der Waals surface area contributed by atoms with E-state index in [-0.39, 0.29) is 12.5 Å². The van der Waals surface area contributed by atoms with Crippen molar-refractivity contribution in [3.05, 3.63) is 0 Å². The molecule has 16 heavy (non-hydrogen) atoms. The van der Waals surface area contributed by atoms with Crippen LogP contribution in [-0.2, 0) is 9.53 Å². The number of nitrogens with two attached hydrogens (primary N) is 1. The number of hydrogen-bond donors (Lipinski definition) is 1. The summed E-state index contributed by atoms with van der Waals surface area (Å²) in [6, 6.07) is 0.656. The zero-order valence-corrected chi connectivity index (χ0v) is 9.73. The molecule has 0 saturated carbocycles. The molecule has 0 atom stereocenters. The van der Waals surface area contributed by atoms with Crippen molar-refractivity contribution in [1.82, 2.24) is 9.80 Å². The molecule has 0 aromatic carbocycles. The smallest absolute Gasteiger partial charge is 0.236 e. The largest absolute Gasteiger partial charge is 0.381 e. The SMILES string of the molecule is NCC(=O)N1CCN(C2CCOCC2)CC1. The Labute approximate surface area is 96.5 Å². The third-order valence-electron chi connectivity index (χ3n) is 3.55. The Morgan fingerprint density at radius 1 is 1.19 bits per heavy atom. The molecule has 5 heteroatoms. The maximum atomic E-state index is 11.4. The lowest BCUT2D eigenvalue weighted by atomic mass is 10.1. The molecular formula is C11H21N3O2. The number of amides is 1. The maximum Gasteiger partial charge on any atom is 0.236 e. The normalized spacial score (nSPS) is 24.7. The summed E-state index contributed by atoms with van der Waals surface area (Å²) in [6.07, 6.45) is 2.26. The third kappa shape index (κ3) is 2.72. The molecule has 0 spiro atoms. The number of piperazine rings is 1. The summed E-state index contributed by atoms with van der Waals surface area (Å²) in [5, 5.41) is 0. The van der Waals surface area contributed by atoms with Crippen LogP contribution in [0.5, 0.6) is 0 Å². The van der Waals surface area contributed by atoms with Gasteiger partial charge in [0, 0.05) is 45.4 Å². The Balaban J connectivity index is 1.78. The Morgan fingerprint density at radius 2 is 1.81 bits per heavy atom. The molecule has 5 nitrogen and oxygen atoms in total. The fraction of sp³-hybridized carbons (Fsp3) is 0.909. The van der Waals surface area contributed by atoms with E-state index in [4.69, 9.17) is 10.5 Å². The predicted molar refractivity (Wildman–Crippen MR) is 61.0 cm³/mol. The molecule has 0 bridgehead atoms. The molecule has 92 valence electrons. The second kappa shape index (κ2) is 5.61. The second-order valence-corrected chi connectivity index (χ2v) is 4.46. The molecular weight excluding hydrogens is 206 g/mol. The van der Waals surface area contributed by atoms with Gasteiger partial charge < -0.3 is 15.4 Å². The molecule has 2 fully saturated rings. The molecule has 1 amide bonds. The van der Waals surface area contributed by atoms with Crippen LogP contribution in [0, 0.1) is 0 Å². The Kier molecular flexibility index (Phi) is 4.15. The van der Waals surface area contributed by atoms with Crippen LogP contribution < -0.4 is 5.73 Å². The number of ether oxygens (including phenoxy) is 1. The van der Waals surface area contributed by atoms with Gasteiger partial charge >= 0.3 is 0 Å². The van der Waals surface area contributed by atoms with E-state index in [2.05, 4.69) is 4.90 Å². The average molecular weight is 227 g/mol. The summed E-state index contributed by atoms with van der Waals surface area (Å²) >= 11 is 0. The Hall–Kier alpha value is -0.650. The van der Waals surface area contributed by atoms with Crippen molar-refractivity contribution in [2.45, 2.75) is 18.9 Å². The van der Waals surface area contributed by atoms with Crippen molar-refractivity contribution < 1.29 is 9.53 Å². The molecule has 0 aromatic rings. The second-order valence-electron chi connectivity index (χ2n) is 4.46. The summed E-state index contributed by atoms with van der Waals surface area (Å²) in [5.41, 5.74) is 5.36. The molecule has 2 aliphatic heterocycles. The van der Waals surface area contributed by atoms with Gasteiger partial charge in [0.1, 0.15) is 0 Å². The summed E-state index contributed by atoms with van der Waals surface area (Å²) < 4.78 is 5.36. The van der Waals surface area contributed by atoms with E-state index in [1.165, 1.54) is 0 Å². The number of rotatable bonds is 2. The molecule has 0 unspecified atom stereocenters. The van der Waals surface area contributed by atoms with E-state index in [0.29, 0.717) is 6.04 Å². The molecule has 2 rings (SSSR count). The van der Waals surface area contributed by atoms with Crippen LogP contribution in [0.15, 0.2) is 0 Å². The lowest BCUT2D eigenvalue weighted by molar-refractivity contribution is -0.132. The van der Waals surface area contributed by atoms with Gasteiger partial charge in [0.05, 0.1) is 6.54 Å². The summed E-state index contributed by atoms with van der Waals surface area (Å²) in [5.74, 6) is 0.0756. The fourth-order valence-corrected chi connectivity index (χ4v) is 2.52. The fourth-order valence-electron chi connectivity index (χ4n) is 2.52. The molecule has 0 radical (unpaired) electrons. The van der Waals surface area contributed by atoms with Crippen LogP contribution in [0.2, 0.25) is 0 Å². The van der Waals surface area contributed by atoms with Crippen molar-refractivity contribution in [2.75, 3.05) is 45.9 Å².